The highest BCUT2D eigenvalue weighted by Crippen LogP contribution is 2.39. The fourth-order valence-electron chi connectivity index (χ4n) is 2.63. The summed E-state index contributed by atoms with van der Waals surface area (Å²) in [5, 5.41) is 13.9. The lowest BCUT2D eigenvalue weighted by Crippen LogP contribution is -2.23. The van der Waals surface area contributed by atoms with Crippen LogP contribution < -0.4 is 9.47 Å². The van der Waals surface area contributed by atoms with Crippen LogP contribution in [0.1, 0.15) is 23.9 Å². The number of aromatic nitrogens is 3. The van der Waals surface area contributed by atoms with Gasteiger partial charge in [0.25, 0.3) is 0 Å². The summed E-state index contributed by atoms with van der Waals surface area (Å²) in [4.78, 5) is 15.4. The Morgan fingerprint density at radius 3 is 2.60 bits per heavy atom. The van der Waals surface area contributed by atoms with E-state index in [1.807, 2.05) is 37.3 Å². The van der Waals surface area contributed by atoms with E-state index in [0.717, 1.165) is 17.0 Å². The van der Waals surface area contributed by atoms with Crippen molar-refractivity contribution >= 4 is 41.3 Å². The first kappa shape index (κ1) is 21.7. The zero-order chi connectivity index (χ0) is 21.8. The Morgan fingerprint density at radius 1 is 1.20 bits per heavy atom. The van der Waals surface area contributed by atoms with Crippen molar-refractivity contribution in [3.63, 3.8) is 0 Å². The standard InChI is InChI=1S/C21H19Cl2N3O4/c1-12-15(8-7-14-6-4-5-9-24-14)20(26(3)25-12)30-19-11-18(16(22)10-17(19)23)29-13(2)21(27)28/h4-11,13H,1-3H3,(H,27,28)/b8-7+/t13-/m0/s1. The van der Waals surface area contributed by atoms with Crippen LogP contribution in [0.15, 0.2) is 36.5 Å². The van der Waals surface area contributed by atoms with Gasteiger partial charge in [0.15, 0.2) is 11.9 Å². The molecule has 1 atom stereocenters. The van der Waals surface area contributed by atoms with Gasteiger partial charge >= 0.3 is 5.97 Å². The molecule has 0 saturated heterocycles. The lowest BCUT2D eigenvalue weighted by atomic mass is 10.2. The molecule has 0 aliphatic heterocycles. The predicted octanol–water partition coefficient (Wildman–Crippen LogP) is 5.24. The Kier molecular flexibility index (Phi) is 6.64. The Hall–Kier alpha value is -3.03. The van der Waals surface area contributed by atoms with E-state index in [0.29, 0.717) is 5.88 Å². The zero-order valence-corrected chi connectivity index (χ0v) is 18.0. The molecule has 0 fully saturated rings. The molecule has 0 radical (unpaired) electrons. The van der Waals surface area contributed by atoms with Gasteiger partial charge in [-0.25, -0.2) is 9.48 Å². The summed E-state index contributed by atoms with van der Waals surface area (Å²) in [5.74, 6) is -0.270. The van der Waals surface area contributed by atoms with E-state index in [1.54, 1.807) is 17.9 Å². The number of carboxylic acids is 1. The van der Waals surface area contributed by atoms with Gasteiger partial charge in [0.2, 0.25) is 5.88 Å². The molecule has 0 aliphatic rings. The summed E-state index contributed by atoms with van der Waals surface area (Å²) in [7, 11) is 1.74. The lowest BCUT2D eigenvalue weighted by molar-refractivity contribution is -0.144. The second-order valence-corrected chi connectivity index (χ2v) is 7.24. The molecule has 3 rings (SSSR count). The first-order valence-electron chi connectivity index (χ1n) is 8.95. The summed E-state index contributed by atoms with van der Waals surface area (Å²) in [6.07, 6.45) is 4.32. The topological polar surface area (TPSA) is 86.5 Å². The first-order valence-corrected chi connectivity index (χ1v) is 9.71. The number of pyridine rings is 1. The molecule has 2 aromatic heterocycles. The number of ether oxygens (including phenoxy) is 2. The van der Waals surface area contributed by atoms with Crippen molar-refractivity contribution in [2.24, 2.45) is 7.05 Å². The normalized spacial score (nSPS) is 12.2. The smallest absolute Gasteiger partial charge is 0.344 e. The second kappa shape index (κ2) is 9.19. The highest BCUT2D eigenvalue weighted by atomic mass is 35.5. The summed E-state index contributed by atoms with van der Waals surface area (Å²) >= 11 is 12.4. The Morgan fingerprint density at radius 2 is 1.93 bits per heavy atom. The van der Waals surface area contributed by atoms with Crippen molar-refractivity contribution in [2.45, 2.75) is 20.0 Å². The van der Waals surface area contributed by atoms with Crippen LogP contribution >= 0.6 is 23.2 Å². The maximum Gasteiger partial charge on any atom is 0.344 e. The zero-order valence-electron chi connectivity index (χ0n) is 16.5. The Labute approximate surface area is 183 Å². The van der Waals surface area contributed by atoms with Crippen molar-refractivity contribution in [1.82, 2.24) is 14.8 Å². The van der Waals surface area contributed by atoms with E-state index in [9.17, 15) is 4.79 Å². The number of carbonyl (C=O) groups is 1. The molecule has 7 nitrogen and oxygen atoms in total. The summed E-state index contributed by atoms with van der Waals surface area (Å²) in [5.41, 5.74) is 2.28. The summed E-state index contributed by atoms with van der Waals surface area (Å²) < 4.78 is 13.0. The molecular formula is C21H19Cl2N3O4. The molecule has 0 bridgehead atoms. The molecule has 1 N–H and O–H groups in total. The average molecular weight is 448 g/mol. The SMILES string of the molecule is Cc1nn(C)c(Oc2cc(O[C@@H](C)C(=O)O)c(Cl)cc2Cl)c1/C=C/c1ccccn1. The van der Waals surface area contributed by atoms with E-state index in [2.05, 4.69) is 10.1 Å². The third kappa shape index (κ3) is 4.93. The van der Waals surface area contributed by atoms with Gasteiger partial charge in [0.1, 0.15) is 5.75 Å². The molecule has 0 spiro atoms. The van der Waals surface area contributed by atoms with Gasteiger partial charge in [0, 0.05) is 19.3 Å². The maximum atomic E-state index is 11.1. The predicted molar refractivity (Wildman–Crippen MR) is 115 cm³/mol. The largest absolute Gasteiger partial charge is 0.479 e. The quantitative estimate of drug-likeness (QED) is 0.532. The number of hydrogen-bond acceptors (Lipinski definition) is 5. The van der Waals surface area contributed by atoms with E-state index in [1.165, 1.54) is 19.1 Å². The number of carboxylic acid groups (broad SMARTS) is 1. The van der Waals surface area contributed by atoms with Crippen molar-refractivity contribution in [3.05, 3.63) is 63.5 Å². The third-order valence-electron chi connectivity index (χ3n) is 4.17. The molecular weight excluding hydrogens is 429 g/mol. The minimum absolute atomic E-state index is 0.149. The van der Waals surface area contributed by atoms with Crippen molar-refractivity contribution < 1.29 is 19.4 Å². The number of rotatable bonds is 7. The van der Waals surface area contributed by atoms with Crippen LogP contribution in [0.5, 0.6) is 17.4 Å². The van der Waals surface area contributed by atoms with Crippen LogP contribution in [0.25, 0.3) is 12.2 Å². The van der Waals surface area contributed by atoms with Crippen LogP contribution in [0.3, 0.4) is 0 Å². The monoisotopic (exact) mass is 447 g/mol. The average Bonchev–Trinajstić information content (AvgIpc) is 2.97. The number of benzene rings is 1. The highest BCUT2D eigenvalue weighted by Gasteiger charge is 2.19. The molecule has 30 heavy (non-hydrogen) atoms. The number of nitrogens with zero attached hydrogens (tertiary/aromatic N) is 3. The van der Waals surface area contributed by atoms with E-state index in [-0.39, 0.29) is 21.5 Å². The van der Waals surface area contributed by atoms with Gasteiger partial charge in [-0.15, -0.1) is 0 Å². The van der Waals surface area contributed by atoms with Gasteiger partial charge in [-0.05, 0) is 44.2 Å². The second-order valence-electron chi connectivity index (χ2n) is 6.43. The van der Waals surface area contributed by atoms with Gasteiger partial charge in [-0.1, -0.05) is 29.3 Å². The number of aryl methyl sites for hydroxylation is 2. The maximum absolute atomic E-state index is 11.1. The lowest BCUT2D eigenvalue weighted by Gasteiger charge is -2.15. The molecule has 156 valence electrons. The van der Waals surface area contributed by atoms with Crippen LogP contribution in [0.2, 0.25) is 10.0 Å². The van der Waals surface area contributed by atoms with Crippen LogP contribution in [-0.2, 0) is 11.8 Å². The molecule has 0 unspecified atom stereocenters. The number of halogens is 2. The third-order valence-corrected chi connectivity index (χ3v) is 4.76. The fraction of sp³-hybridized carbons (Fsp3) is 0.190. The summed E-state index contributed by atoms with van der Waals surface area (Å²) in [6.45, 7) is 3.26. The molecule has 0 aliphatic carbocycles. The molecule has 2 heterocycles. The van der Waals surface area contributed by atoms with E-state index < -0.39 is 12.1 Å². The fourth-order valence-corrected chi connectivity index (χ4v) is 3.10. The first-order chi connectivity index (χ1) is 14.3. The molecule has 9 heteroatoms. The van der Waals surface area contributed by atoms with Gasteiger partial charge in [-0.3, -0.25) is 4.98 Å². The molecule has 0 saturated carbocycles. The van der Waals surface area contributed by atoms with Crippen LogP contribution in [0.4, 0.5) is 0 Å². The highest BCUT2D eigenvalue weighted by molar-refractivity contribution is 6.36. The van der Waals surface area contributed by atoms with Crippen LogP contribution in [-0.4, -0.2) is 31.9 Å². The summed E-state index contributed by atoms with van der Waals surface area (Å²) in [6, 6.07) is 8.52. The van der Waals surface area contributed by atoms with Crippen molar-refractivity contribution in [2.75, 3.05) is 0 Å². The number of hydrogen-bond donors (Lipinski definition) is 1. The minimum atomic E-state index is -1.12. The molecule has 0 amide bonds. The van der Waals surface area contributed by atoms with Crippen molar-refractivity contribution in [1.29, 1.82) is 0 Å². The Balaban J connectivity index is 1.95. The van der Waals surface area contributed by atoms with Crippen LogP contribution in [0, 0.1) is 6.92 Å². The Bertz CT molecular complexity index is 1100. The minimum Gasteiger partial charge on any atom is -0.479 e. The molecule has 3 aromatic rings. The number of aliphatic carboxylic acids is 1. The van der Waals surface area contributed by atoms with E-state index >= 15 is 0 Å². The van der Waals surface area contributed by atoms with Crippen molar-refractivity contribution in [3.8, 4) is 17.4 Å². The molecule has 1 aromatic carbocycles. The van der Waals surface area contributed by atoms with Gasteiger partial charge in [-0.2, -0.15) is 5.10 Å². The van der Waals surface area contributed by atoms with Gasteiger partial charge < -0.3 is 14.6 Å². The van der Waals surface area contributed by atoms with Gasteiger partial charge in [0.05, 0.1) is 27.0 Å². The van der Waals surface area contributed by atoms with E-state index in [4.69, 9.17) is 37.8 Å².